The lowest BCUT2D eigenvalue weighted by Gasteiger charge is -2.26. The van der Waals surface area contributed by atoms with Crippen LogP contribution < -0.4 is 10.2 Å². The maximum atomic E-state index is 12.5. The summed E-state index contributed by atoms with van der Waals surface area (Å²) in [7, 11) is 1.57. The number of carbonyl (C=O) groups excluding carboxylic acids is 1. The lowest BCUT2D eigenvalue weighted by molar-refractivity contribution is -0.138. The number of para-hydroxylation sites is 1. The number of amides is 2. The number of aliphatic carboxylic acids is 1. The van der Waals surface area contributed by atoms with Crippen LogP contribution in [-0.4, -0.2) is 42.9 Å². The van der Waals surface area contributed by atoms with Gasteiger partial charge in [0.05, 0.1) is 12.6 Å². The van der Waals surface area contributed by atoms with E-state index in [2.05, 4.69) is 5.32 Å². The van der Waals surface area contributed by atoms with Crippen molar-refractivity contribution < 1.29 is 19.4 Å². The monoisotopic (exact) mass is 292 g/mol. The molecule has 1 aromatic carbocycles. The first kappa shape index (κ1) is 15.3. The number of carboxylic acid groups (broad SMARTS) is 1. The van der Waals surface area contributed by atoms with Gasteiger partial charge in [0.2, 0.25) is 0 Å². The van der Waals surface area contributed by atoms with Crippen LogP contribution in [0.15, 0.2) is 24.3 Å². The Bertz CT molecular complexity index is 532. The largest absolute Gasteiger partial charge is 0.480 e. The van der Waals surface area contributed by atoms with Crippen molar-refractivity contribution in [3.8, 4) is 0 Å². The molecule has 2 atom stereocenters. The summed E-state index contributed by atoms with van der Waals surface area (Å²) in [5, 5.41) is 12.2. The van der Waals surface area contributed by atoms with Gasteiger partial charge in [0, 0.05) is 19.2 Å². The number of carboxylic acids is 1. The summed E-state index contributed by atoms with van der Waals surface area (Å²) < 4.78 is 5.05. The van der Waals surface area contributed by atoms with Crippen molar-refractivity contribution >= 4 is 17.7 Å². The highest BCUT2D eigenvalue weighted by Gasteiger charge is 2.38. The molecule has 0 fully saturated rings. The summed E-state index contributed by atoms with van der Waals surface area (Å²) in [6.07, 6.45) is 1.05. The number of nitrogens with zero attached hydrogens (tertiary/aromatic N) is 1. The predicted octanol–water partition coefficient (Wildman–Crippen LogP) is 1.64. The van der Waals surface area contributed by atoms with Gasteiger partial charge in [-0.05, 0) is 18.1 Å². The Balaban J connectivity index is 2.22. The zero-order valence-corrected chi connectivity index (χ0v) is 12.2. The zero-order chi connectivity index (χ0) is 15.4. The van der Waals surface area contributed by atoms with Crippen molar-refractivity contribution in [1.29, 1.82) is 0 Å². The number of hydrogen-bond donors (Lipinski definition) is 2. The SMILES string of the molecule is CCC(COC)NC(=O)N1c2ccccc2CC1C(=O)O. The first-order valence-corrected chi connectivity index (χ1v) is 6.97. The summed E-state index contributed by atoms with van der Waals surface area (Å²) in [5.41, 5.74) is 1.54. The van der Waals surface area contributed by atoms with E-state index in [0.29, 0.717) is 25.1 Å². The highest BCUT2D eigenvalue weighted by molar-refractivity contribution is 6.01. The van der Waals surface area contributed by atoms with Gasteiger partial charge in [0.1, 0.15) is 6.04 Å². The van der Waals surface area contributed by atoms with E-state index in [9.17, 15) is 14.7 Å². The molecule has 1 aromatic rings. The number of carbonyl (C=O) groups is 2. The third-order valence-electron chi connectivity index (χ3n) is 3.67. The van der Waals surface area contributed by atoms with E-state index >= 15 is 0 Å². The van der Waals surface area contributed by atoms with Gasteiger partial charge in [-0.3, -0.25) is 4.90 Å². The molecule has 6 heteroatoms. The quantitative estimate of drug-likeness (QED) is 0.864. The van der Waals surface area contributed by atoms with Crippen molar-refractivity contribution in [3.05, 3.63) is 29.8 Å². The van der Waals surface area contributed by atoms with E-state index in [1.54, 1.807) is 19.2 Å². The van der Waals surface area contributed by atoms with E-state index in [4.69, 9.17) is 4.74 Å². The van der Waals surface area contributed by atoms with Crippen molar-refractivity contribution in [1.82, 2.24) is 5.32 Å². The standard InChI is InChI=1S/C15H20N2O4/c1-3-11(9-21-2)16-15(20)17-12-7-5-4-6-10(12)8-13(17)14(18)19/h4-7,11,13H,3,8-9H2,1-2H3,(H,16,20)(H,18,19). The Morgan fingerprint density at radius 2 is 2.19 bits per heavy atom. The molecule has 0 aliphatic carbocycles. The molecule has 0 aromatic heterocycles. The van der Waals surface area contributed by atoms with Crippen molar-refractivity contribution in [3.63, 3.8) is 0 Å². The fourth-order valence-electron chi connectivity index (χ4n) is 2.54. The van der Waals surface area contributed by atoms with Crippen LogP contribution >= 0.6 is 0 Å². The summed E-state index contributed by atoms with van der Waals surface area (Å²) in [4.78, 5) is 25.2. The molecule has 2 amide bonds. The minimum Gasteiger partial charge on any atom is -0.480 e. The highest BCUT2D eigenvalue weighted by Crippen LogP contribution is 2.32. The first-order chi connectivity index (χ1) is 10.1. The Kier molecular flexibility index (Phi) is 4.80. The average molecular weight is 292 g/mol. The van der Waals surface area contributed by atoms with Gasteiger partial charge in [-0.25, -0.2) is 9.59 Å². The number of fused-ring (bicyclic) bond motifs is 1. The molecule has 0 saturated heterocycles. The molecule has 2 N–H and O–H groups in total. The van der Waals surface area contributed by atoms with Crippen LogP contribution in [0.5, 0.6) is 0 Å². The Hall–Kier alpha value is -2.08. The Morgan fingerprint density at radius 1 is 1.48 bits per heavy atom. The van der Waals surface area contributed by atoms with Crippen LogP contribution in [0.3, 0.4) is 0 Å². The number of anilines is 1. The van der Waals surface area contributed by atoms with Crippen LogP contribution in [-0.2, 0) is 16.0 Å². The molecule has 0 spiro atoms. The normalized spacial score (nSPS) is 18.2. The van der Waals surface area contributed by atoms with Gasteiger partial charge in [0.25, 0.3) is 0 Å². The number of benzene rings is 1. The van der Waals surface area contributed by atoms with Crippen LogP contribution in [0.25, 0.3) is 0 Å². The number of hydrogen-bond acceptors (Lipinski definition) is 3. The van der Waals surface area contributed by atoms with Gasteiger partial charge in [-0.1, -0.05) is 25.1 Å². The van der Waals surface area contributed by atoms with Crippen LogP contribution in [0.4, 0.5) is 10.5 Å². The molecule has 114 valence electrons. The maximum Gasteiger partial charge on any atom is 0.327 e. The number of ether oxygens (including phenoxy) is 1. The van der Waals surface area contributed by atoms with E-state index < -0.39 is 18.0 Å². The molecule has 2 rings (SSSR count). The van der Waals surface area contributed by atoms with E-state index in [1.165, 1.54) is 4.90 Å². The Morgan fingerprint density at radius 3 is 2.81 bits per heavy atom. The topological polar surface area (TPSA) is 78.9 Å². The van der Waals surface area contributed by atoms with E-state index in [1.807, 2.05) is 19.1 Å². The van der Waals surface area contributed by atoms with Gasteiger partial charge in [0.15, 0.2) is 0 Å². The van der Waals surface area contributed by atoms with Crippen LogP contribution in [0.1, 0.15) is 18.9 Å². The third kappa shape index (κ3) is 3.16. The van der Waals surface area contributed by atoms with Gasteiger partial charge < -0.3 is 15.2 Å². The Labute approximate surface area is 123 Å². The lowest BCUT2D eigenvalue weighted by Crippen LogP contribution is -2.51. The molecular formula is C15H20N2O4. The molecule has 6 nitrogen and oxygen atoms in total. The second-order valence-electron chi connectivity index (χ2n) is 5.07. The average Bonchev–Trinajstić information content (AvgIpc) is 2.86. The fraction of sp³-hybridized carbons (Fsp3) is 0.467. The smallest absolute Gasteiger partial charge is 0.327 e. The fourth-order valence-corrected chi connectivity index (χ4v) is 2.54. The molecule has 1 heterocycles. The first-order valence-electron chi connectivity index (χ1n) is 6.97. The molecule has 2 unspecified atom stereocenters. The minimum atomic E-state index is -0.999. The molecule has 0 radical (unpaired) electrons. The third-order valence-corrected chi connectivity index (χ3v) is 3.67. The van der Waals surface area contributed by atoms with Crippen molar-refractivity contribution in [2.75, 3.05) is 18.6 Å². The minimum absolute atomic E-state index is 0.135. The van der Waals surface area contributed by atoms with Crippen LogP contribution in [0, 0.1) is 0 Å². The van der Waals surface area contributed by atoms with Crippen molar-refractivity contribution in [2.24, 2.45) is 0 Å². The summed E-state index contributed by atoms with van der Waals surface area (Å²) >= 11 is 0. The summed E-state index contributed by atoms with van der Waals surface area (Å²) in [6.45, 7) is 2.34. The number of urea groups is 1. The molecule has 0 bridgehead atoms. The molecular weight excluding hydrogens is 272 g/mol. The van der Waals surface area contributed by atoms with Crippen molar-refractivity contribution in [2.45, 2.75) is 31.8 Å². The molecule has 1 aliphatic heterocycles. The van der Waals surface area contributed by atoms with E-state index in [-0.39, 0.29) is 6.04 Å². The molecule has 0 saturated carbocycles. The molecule has 21 heavy (non-hydrogen) atoms. The number of methoxy groups -OCH3 is 1. The number of rotatable bonds is 5. The predicted molar refractivity (Wildman–Crippen MR) is 78.5 cm³/mol. The van der Waals surface area contributed by atoms with Crippen LogP contribution in [0.2, 0.25) is 0 Å². The highest BCUT2D eigenvalue weighted by atomic mass is 16.5. The van der Waals surface area contributed by atoms with E-state index in [0.717, 1.165) is 5.56 Å². The van der Waals surface area contributed by atoms with Gasteiger partial charge >= 0.3 is 12.0 Å². The zero-order valence-electron chi connectivity index (χ0n) is 12.2. The summed E-state index contributed by atoms with van der Waals surface area (Å²) in [5.74, 6) is -0.999. The second-order valence-corrected chi connectivity index (χ2v) is 5.07. The summed E-state index contributed by atoms with van der Waals surface area (Å²) in [6, 6.07) is 5.89. The molecule has 1 aliphatic rings. The van der Waals surface area contributed by atoms with Gasteiger partial charge in [-0.15, -0.1) is 0 Å². The lowest BCUT2D eigenvalue weighted by atomic mass is 10.1. The second kappa shape index (κ2) is 6.58. The number of nitrogens with one attached hydrogen (secondary N) is 1. The van der Waals surface area contributed by atoms with Gasteiger partial charge in [-0.2, -0.15) is 0 Å². The maximum absolute atomic E-state index is 12.5.